The summed E-state index contributed by atoms with van der Waals surface area (Å²) in [7, 11) is 0. The lowest BCUT2D eigenvalue weighted by atomic mass is 9.95. The predicted octanol–water partition coefficient (Wildman–Crippen LogP) is 5.49. The first kappa shape index (κ1) is 20.7. The maximum Gasteiger partial charge on any atom is 0.243 e. The van der Waals surface area contributed by atoms with E-state index in [1.165, 1.54) is 23.7 Å². The summed E-state index contributed by atoms with van der Waals surface area (Å²) in [6.07, 6.45) is 1.25. The number of carbonyl (C=O) groups excluding carboxylic acids is 1. The van der Waals surface area contributed by atoms with E-state index in [2.05, 4.69) is 21.2 Å². The minimum atomic E-state index is -0.518. The Morgan fingerprint density at radius 2 is 2.12 bits per heavy atom. The molecule has 0 radical (unpaired) electrons. The molecule has 8 heteroatoms. The van der Waals surface area contributed by atoms with E-state index in [0.29, 0.717) is 17.5 Å². The van der Waals surface area contributed by atoms with E-state index >= 15 is 4.39 Å². The van der Waals surface area contributed by atoms with E-state index in [-0.39, 0.29) is 39.8 Å². The minimum absolute atomic E-state index is 0.0177. The van der Waals surface area contributed by atoms with Gasteiger partial charge in [0, 0.05) is 23.5 Å². The van der Waals surface area contributed by atoms with Gasteiger partial charge in [0.05, 0.1) is 11.1 Å². The molecule has 1 amide bonds. The van der Waals surface area contributed by atoms with Crippen LogP contribution in [-0.4, -0.2) is 34.0 Å². The smallest absolute Gasteiger partial charge is 0.243 e. The number of benzene rings is 3. The largest absolute Gasteiger partial charge is 0.508 e. The number of aromatic nitrogens is 1. The number of aromatic hydroxyl groups is 1. The number of phenols is 1. The summed E-state index contributed by atoms with van der Waals surface area (Å²) in [6, 6.07) is 12.4. The van der Waals surface area contributed by atoms with E-state index < -0.39 is 5.82 Å². The van der Waals surface area contributed by atoms with Crippen LogP contribution in [-0.2, 0) is 4.79 Å². The topological polar surface area (TPSA) is 65.5 Å². The van der Waals surface area contributed by atoms with Gasteiger partial charge in [0.1, 0.15) is 16.3 Å². The van der Waals surface area contributed by atoms with Crippen LogP contribution in [0, 0.1) is 5.82 Å². The van der Waals surface area contributed by atoms with Gasteiger partial charge in [0.15, 0.2) is 5.82 Å². The zero-order valence-corrected chi connectivity index (χ0v) is 18.7. The first-order chi connectivity index (χ1) is 15.4. The molecule has 2 N–H and O–H groups in total. The number of rotatable bonds is 4. The Hall–Kier alpha value is -3.16. The molecular weight excluding hydrogens is 449 g/mol. The fourth-order valence-corrected chi connectivity index (χ4v) is 5.49. The summed E-state index contributed by atoms with van der Waals surface area (Å²) in [6.45, 7) is 6.07. The summed E-state index contributed by atoms with van der Waals surface area (Å²) < 4.78 is 20.1. The normalized spacial score (nSPS) is 18.0. The SMILES string of the molecule is C=CC(=O)NC1CN(c2snc3c(F)c(-c4cc(O)cc5ccccc45)c(Cl)cc23)[C@H]1C. The van der Waals surface area contributed by atoms with Gasteiger partial charge in [-0.1, -0.05) is 42.4 Å². The predicted molar refractivity (Wildman–Crippen MR) is 128 cm³/mol. The van der Waals surface area contributed by atoms with Gasteiger partial charge in [0.2, 0.25) is 5.91 Å². The van der Waals surface area contributed by atoms with Crippen LogP contribution in [0.1, 0.15) is 6.92 Å². The van der Waals surface area contributed by atoms with Gasteiger partial charge in [-0.15, -0.1) is 0 Å². The fourth-order valence-electron chi connectivity index (χ4n) is 4.24. The van der Waals surface area contributed by atoms with Gasteiger partial charge in [-0.2, -0.15) is 4.37 Å². The molecule has 0 aliphatic carbocycles. The molecule has 3 aromatic carbocycles. The van der Waals surface area contributed by atoms with E-state index in [9.17, 15) is 9.90 Å². The molecule has 2 heterocycles. The molecule has 0 bridgehead atoms. The number of hydrogen-bond donors (Lipinski definition) is 2. The average molecular weight is 468 g/mol. The molecule has 1 fully saturated rings. The Morgan fingerprint density at radius 1 is 1.34 bits per heavy atom. The molecule has 0 saturated carbocycles. The number of amides is 1. The van der Waals surface area contributed by atoms with Crippen molar-refractivity contribution in [3.63, 3.8) is 0 Å². The lowest BCUT2D eigenvalue weighted by molar-refractivity contribution is -0.117. The van der Waals surface area contributed by atoms with Crippen LogP contribution in [0.2, 0.25) is 5.02 Å². The van der Waals surface area contributed by atoms with Crippen LogP contribution in [0.25, 0.3) is 32.8 Å². The number of phenolic OH excluding ortho intramolecular Hbond substituents is 1. The zero-order chi connectivity index (χ0) is 22.6. The van der Waals surface area contributed by atoms with E-state index in [1.54, 1.807) is 12.1 Å². The first-order valence-corrected chi connectivity index (χ1v) is 11.2. The molecule has 1 aliphatic heterocycles. The van der Waals surface area contributed by atoms with Gasteiger partial charge in [0.25, 0.3) is 0 Å². The third-order valence-electron chi connectivity index (χ3n) is 6.00. The summed E-state index contributed by atoms with van der Waals surface area (Å²) in [5.74, 6) is -0.696. The molecule has 5 nitrogen and oxygen atoms in total. The highest BCUT2D eigenvalue weighted by molar-refractivity contribution is 7.11. The van der Waals surface area contributed by atoms with Crippen LogP contribution in [0.4, 0.5) is 9.39 Å². The van der Waals surface area contributed by atoms with E-state index in [0.717, 1.165) is 15.8 Å². The number of nitrogens with one attached hydrogen (secondary N) is 1. The van der Waals surface area contributed by atoms with Crippen LogP contribution in [0.15, 0.2) is 55.1 Å². The Kier molecular flexibility index (Phi) is 5.03. The van der Waals surface area contributed by atoms with Crippen molar-refractivity contribution in [1.29, 1.82) is 0 Å². The molecule has 1 aliphatic rings. The van der Waals surface area contributed by atoms with Gasteiger partial charge >= 0.3 is 0 Å². The highest BCUT2D eigenvalue weighted by Gasteiger charge is 2.38. The second kappa shape index (κ2) is 7.76. The molecule has 1 aromatic heterocycles. The Balaban J connectivity index is 1.59. The molecule has 2 atom stereocenters. The van der Waals surface area contributed by atoms with Crippen molar-refractivity contribution in [2.24, 2.45) is 0 Å². The number of halogens is 2. The average Bonchev–Trinajstić information content (AvgIpc) is 3.18. The van der Waals surface area contributed by atoms with Crippen molar-refractivity contribution < 1.29 is 14.3 Å². The monoisotopic (exact) mass is 467 g/mol. The molecule has 4 aromatic rings. The highest BCUT2D eigenvalue weighted by atomic mass is 35.5. The minimum Gasteiger partial charge on any atom is -0.508 e. The molecule has 162 valence electrons. The summed E-state index contributed by atoms with van der Waals surface area (Å²) in [5, 5.41) is 16.4. The number of hydrogen-bond acceptors (Lipinski definition) is 5. The number of fused-ring (bicyclic) bond motifs is 2. The van der Waals surface area contributed by atoms with Crippen molar-refractivity contribution in [2.45, 2.75) is 19.0 Å². The van der Waals surface area contributed by atoms with Crippen LogP contribution in [0.3, 0.4) is 0 Å². The van der Waals surface area contributed by atoms with Gasteiger partial charge in [-0.05, 0) is 59.1 Å². The molecular formula is C24H19ClFN3O2S. The zero-order valence-electron chi connectivity index (χ0n) is 17.1. The third kappa shape index (κ3) is 3.20. The maximum atomic E-state index is 15.8. The van der Waals surface area contributed by atoms with Gasteiger partial charge in [-0.3, -0.25) is 4.79 Å². The number of anilines is 1. The summed E-state index contributed by atoms with van der Waals surface area (Å²) >= 11 is 7.82. The van der Waals surface area contributed by atoms with Crippen molar-refractivity contribution in [3.8, 4) is 16.9 Å². The van der Waals surface area contributed by atoms with Crippen molar-refractivity contribution in [2.75, 3.05) is 11.4 Å². The standard InChI is InChI=1S/C24H19ClFN3O2S/c1-3-20(31)27-19-11-29(12(19)2)24-17-10-18(25)21(22(26)23(17)28-32-24)16-9-14(30)8-13-6-4-5-7-15(13)16/h3-10,12,19,30H,1,11H2,2H3,(H,27,31)/t12-,19?/m0/s1. The third-order valence-corrected chi connectivity index (χ3v) is 7.20. The quantitative estimate of drug-likeness (QED) is 0.389. The summed E-state index contributed by atoms with van der Waals surface area (Å²) in [4.78, 5) is 13.7. The number of nitrogens with zero attached hydrogens (tertiary/aromatic N) is 2. The highest BCUT2D eigenvalue weighted by Crippen LogP contribution is 2.45. The fraction of sp³-hybridized carbons (Fsp3) is 0.167. The van der Waals surface area contributed by atoms with Crippen molar-refractivity contribution >= 4 is 55.7 Å². The van der Waals surface area contributed by atoms with Gasteiger partial charge < -0.3 is 15.3 Å². The Labute approximate surface area is 192 Å². The number of carbonyl (C=O) groups is 1. The van der Waals surface area contributed by atoms with Crippen molar-refractivity contribution in [1.82, 2.24) is 9.69 Å². The Morgan fingerprint density at radius 3 is 2.88 bits per heavy atom. The molecule has 0 spiro atoms. The lowest BCUT2D eigenvalue weighted by Crippen LogP contribution is -2.65. The molecule has 1 unspecified atom stereocenters. The van der Waals surface area contributed by atoms with Crippen LogP contribution < -0.4 is 10.2 Å². The lowest BCUT2D eigenvalue weighted by Gasteiger charge is -2.47. The van der Waals surface area contributed by atoms with Crippen LogP contribution >= 0.6 is 23.1 Å². The second-order valence-electron chi connectivity index (χ2n) is 7.86. The second-order valence-corrected chi connectivity index (χ2v) is 9.02. The maximum absolute atomic E-state index is 15.8. The molecule has 5 rings (SSSR count). The summed E-state index contributed by atoms with van der Waals surface area (Å²) in [5.41, 5.74) is 0.975. The van der Waals surface area contributed by atoms with E-state index in [1.807, 2.05) is 31.2 Å². The first-order valence-electron chi connectivity index (χ1n) is 10.1. The molecule has 1 saturated heterocycles. The van der Waals surface area contributed by atoms with Crippen LogP contribution in [0.5, 0.6) is 5.75 Å². The molecule has 32 heavy (non-hydrogen) atoms. The van der Waals surface area contributed by atoms with Gasteiger partial charge in [-0.25, -0.2) is 4.39 Å². The van der Waals surface area contributed by atoms with Crippen molar-refractivity contribution in [3.05, 3.63) is 66.0 Å². The Bertz CT molecular complexity index is 1400. The van der Waals surface area contributed by atoms with E-state index in [4.69, 9.17) is 11.6 Å².